The van der Waals surface area contributed by atoms with Crippen LogP contribution >= 0.6 is 0 Å². The van der Waals surface area contributed by atoms with Crippen LogP contribution in [0.4, 0.5) is 5.69 Å². The molecule has 0 saturated carbocycles. The first-order valence-electron chi connectivity index (χ1n) is 9.87. The van der Waals surface area contributed by atoms with Crippen LogP contribution in [0.1, 0.15) is 27.3 Å². The molecule has 10 heteroatoms. The number of hydrazine groups is 1. The zero-order valence-electron chi connectivity index (χ0n) is 17.2. The molecule has 0 spiro atoms. The van der Waals surface area contributed by atoms with Gasteiger partial charge in [0.1, 0.15) is 22.8 Å². The first kappa shape index (κ1) is 22.2. The van der Waals surface area contributed by atoms with Gasteiger partial charge in [-0.15, -0.1) is 5.59 Å². The van der Waals surface area contributed by atoms with Crippen LogP contribution in [0.15, 0.2) is 54.0 Å². The standard InChI is InChI=1S/C21H26N6O4/c1-31-16-8-3-2-7-15(16)24-12-11-23-9-5-13-27(26-30)19-17(22)20(28)14-6-4-10-25-18(14)21(19)29/h2-4,6-8,10,23-24,26,30H,5,9,11-13,22H2,1H3. The fraction of sp³-hybridized carbons (Fsp3) is 0.286. The SMILES string of the molecule is COc1ccccc1NCCNCCCN(NO)C1=C(N)C(=O)c2cccnc2C1=O. The number of ether oxygens (including phenoxy) is 1. The molecule has 1 aliphatic carbocycles. The second-order valence-electron chi connectivity index (χ2n) is 6.80. The van der Waals surface area contributed by atoms with Crippen LogP contribution in [0.2, 0.25) is 0 Å². The highest BCUT2D eigenvalue weighted by atomic mass is 16.5. The minimum absolute atomic E-state index is 0.0255. The normalized spacial score (nSPS) is 13.2. The Morgan fingerprint density at radius 3 is 2.68 bits per heavy atom. The molecule has 0 unspecified atom stereocenters. The van der Waals surface area contributed by atoms with E-state index in [0.29, 0.717) is 26.1 Å². The molecular weight excluding hydrogens is 400 g/mol. The van der Waals surface area contributed by atoms with Gasteiger partial charge in [0.25, 0.3) is 0 Å². The maximum atomic E-state index is 12.8. The highest BCUT2D eigenvalue weighted by Crippen LogP contribution is 2.24. The Morgan fingerprint density at radius 2 is 1.90 bits per heavy atom. The Bertz CT molecular complexity index is 978. The van der Waals surface area contributed by atoms with Crippen molar-refractivity contribution in [2.45, 2.75) is 6.42 Å². The third-order valence-corrected chi connectivity index (χ3v) is 4.83. The number of hydrogen-bond acceptors (Lipinski definition) is 10. The van der Waals surface area contributed by atoms with E-state index in [4.69, 9.17) is 10.5 Å². The number of nitrogens with two attached hydrogens (primary N) is 1. The van der Waals surface area contributed by atoms with Gasteiger partial charge in [0.2, 0.25) is 11.6 Å². The number of aromatic nitrogens is 1. The summed E-state index contributed by atoms with van der Waals surface area (Å²) in [7, 11) is 1.63. The Kier molecular flexibility index (Phi) is 7.55. The summed E-state index contributed by atoms with van der Waals surface area (Å²) in [4.78, 5) is 29.2. The van der Waals surface area contributed by atoms with Gasteiger partial charge < -0.3 is 21.1 Å². The van der Waals surface area contributed by atoms with E-state index in [0.717, 1.165) is 11.4 Å². The summed E-state index contributed by atoms with van der Waals surface area (Å²) in [5.74, 6) is -0.220. The van der Waals surface area contributed by atoms with Crippen LogP contribution in [-0.2, 0) is 0 Å². The highest BCUT2D eigenvalue weighted by Gasteiger charge is 2.34. The van der Waals surface area contributed by atoms with Crippen LogP contribution in [0.25, 0.3) is 0 Å². The number of hydrogen-bond donors (Lipinski definition) is 5. The number of fused-ring (bicyclic) bond motifs is 1. The molecule has 1 aromatic heterocycles. The second kappa shape index (κ2) is 10.5. The number of methoxy groups -OCH3 is 1. The number of benzene rings is 1. The van der Waals surface area contributed by atoms with Gasteiger partial charge in [0, 0.05) is 25.8 Å². The maximum absolute atomic E-state index is 12.8. The molecule has 0 fully saturated rings. The Balaban J connectivity index is 1.48. The van der Waals surface area contributed by atoms with E-state index in [2.05, 4.69) is 15.6 Å². The lowest BCUT2D eigenvalue weighted by Crippen LogP contribution is -2.44. The number of para-hydroxylation sites is 2. The summed E-state index contributed by atoms with van der Waals surface area (Å²) in [6.07, 6.45) is 2.01. The Morgan fingerprint density at radius 1 is 1.10 bits per heavy atom. The molecule has 0 radical (unpaired) electrons. The molecule has 0 saturated heterocycles. The van der Waals surface area contributed by atoms with Gasteiger partial charge in [0.05, 0.1) is 18.4 Å². The molecule has 31 heavy (non-hydrogen) atoms. The van der Waals surface area contributed by atoms with Crippen molar-refractivity contribution in [3.63, 3.8) is 0 Å². The number of allylic oxidation sites excluding steroid dienone is 2. The molecule has 0 bridgehead atoms. The number of Topliss-reactive ketones (excluding diaryl/α,β-unsaturated/α-hetero) is 2. The summed E-state index contributed by atoms with van der Waals surface area (Å²) < 4.78 is 5.29. The Hall–Kier alpha value is -3.47. The quantitative estimate of drug-likeness (QED) is 0.260. The van der Waals surface area contributed by atoms with Crippen LogP contribution in [0.5, 0.6) is 5.75 Å². The van der Waals surface area contributed by atoms with Crippen LogP contribution in [-0.4, -0.2) is 60.1 Å². The average molecular weight is 426 g/mol. The summed E-state index contributed by atoms with van der Waals surface area (Å²) in [6.45, 7) is 2.26. The van der Waals surface area contributed by atoms with Crippen molar-refractivity contribution >= 4 is 17.3 Å². The maximum Gasteiger partial charge on any atom is 0.231 e. The summed E-state index contributed by atoms with van der Waals surface area (Å²) in [5.41, 5.74) is 8.65. The monoisotopic (exact) mass is 426 g/mol. The number of nitrogens with zero attached hydrogens (tertiary/aromatic N) is 2. The predicted molar refractivity (Wildman–Crippen MR) is 115 cm³/mol. The molecule has 164 valence electrons. The topological polar surface area (TPSA) is 142 Å². The molecule has 3 rings (SSSR count). The molecule has 6 N–H and O–H groups in total. The van der Waals surface area contributed by atoms with Gasteiger partial charge in [-0.1, -0.05) is 12.1 Å². The molecular formula is C21H26N6O4. The summed E-state index contributed by atoms with van der Waals surface area (Å²) in [5, 5.41) is 17.3. The minimum Gasteiger partial charge on any atom is -0.495 e. The second-order valence-corrected chi connectivity index (χ2v) is 6.80. The van der Waals surface area contributed by atoms with Crippen molar-refractivity contribution in [1.29, 1.82) is 0 Å². The van der Waals surface area contributed by atoms with E-state index in [9.17, 15) is 14.8 Å². The van der Waals surface area contributed by atoms with Gasteiger partial charge in [-0.3, -0.25) is 24.8 Å². The van der Waals surface area contributed by atoms with Gasteiger partial charge in [-0.2, -0.15) is 0 Å². The number of ketones is 2. The van der Waals surface area contributed by atoms with E-state index in [1.807, 2.05) is 29.9 Å². The summed E-state index contributed by atoms with van der Waals surface area (Å²) >= 11 is 0. The third kappa shape index (κ3) is 5.00. The lowest BCUT2D eigenvalue weighted by Gasteiger charge is -2.27. The van der Waals surface area contributed by atoms with Gasteiger partial charge in [-0.05, 0) is 37.2 Å². The van der Waals surface area contributed by atoms with E-state index >= 15 is 0 Å². The number of carbonyl (C=O) groups is 2. The van der Waals surface area contributed by atoms with Crippen molar-refractivity contribution in [1.82, 2.24) is 20.9 Å². The fourth-order valence-corrected chi connectivity index (χ4v) is 3.30. The largest absolute Gasteiger partial charge is 0.495 e. The molecule has 0 aliphatic heterocycles. The van der Waals surface area contributed by atoms with E-state index in [-0.39, 0.29) is 29.2 Å². The van der Waals surface area contributed by atoms with E-state index in [1.165, 1.54) is 17.3 Å². The highest BCUT2D eigenvalue weighted by molar-refractivity contribution is 6.25. The minimum atomic E-state index is -0.511. The van der Waals surface area contributed by atoms with E-state index in [1.54, 1.807) is 13.2 Å². The van der Waals surface area contributed by atoms with Gasteiger partial charge >= 0.3 is 0 Å². The van der Waals surface area contributed by atoms with Crippen molar-refractivity contribution in [2.75, 3.05) is 38.6 Å². The van der Waals surface area contributed by atoms with Crippen molar-refractivity contribution < 1.29 is 19.5 Å². The van der Waals surface area contributed by atoms with Crippen molar-refractivity contribution in [3.05, 3.63) is 65.2 Å². The number of anilines is 1. The molecule has 1 aliphatic rings. The fourth-order valence-electron chi connectivity index (χ4n) is 3.30. The third-order valence-electron chi connectivity index (χ3n) is 4.83. The molecule has 0 amide bonds. The molecule has 0 atom stereocenters. The smallest absolute Gasteiger partial charge is 0.231 e. The molecule has 2 aromatic rings. The van der Waals surface area contributed by atoms with Gasteiger partial charge in [-0.25, -0.2) is 0 Å². The molecule has 1 heterocycles. The van der Waals surface area contributed by atoms with E-state index < -0.39 is 11.6 Å². The first-order valence-corrected chi connectivity index (χ1v) is 9.87. The lowest BCUT2D eigenvalue weighted by molar-refractivity contribution is 0.00293. The zero-order valence-corrected chi connectivity index (χ0v) is 17.2. The number of rotatable bonds is 11. The van der Waals surface area contributed by atoms with Gasteiger partial charge in [0.15, 0.2) is 0 Å². The van der Waals surface area contributed by atoms with Crippen LogP contribution in [0, 0.1) is 0 Å². The molecule has 10 nitrogen and oxygen atoms in total. The van der Waals surface area contributed by atoms with Crippen LogP contribution < -0.4 is 26.7 Å². The average Bonchev–Trinajstić information content (AvgIpc) is 2.81. The molecule has 1 aromatic carbocycles. The zero-order chi connectivity index (χ0) is 22.2. The van der Waals surface area contributed by atoms with Crippen molar-refractivity contribution in [2.24, 2.45) is 5.73 Å². The number of carbonyl (C=O) groups excluding carboxylic acids is 2. The van der Waals surface area contributed by atoms with Crippen molar-refractivity contribution in [3.8, 4) is 5.75 Å². The number of nitrogens with one attached hydrogen (secondary N) is 3. The number of pyridine rings is 1. The first-order chi connectivity index (χ1) is 15.1. The predicted octanol–water partition coefficient (Wildman–Crippen LogP) is 0.927. The Labute approximate surface area is 180 Å². The lowest BCUT2D eigenvalue weighted by atomic mass is 9.94. The van der Waals surface area contributed by atoms with Crippen LogP contribution in [0.3, 0.4) is 0 Å². The summed E-state index contributed by atoms with van der Waals surface area (Å²) in [6, 6.07) is 10.7.